The van der Waals surface area contributed by atoms with Gasteiger partial charge in [0.25, 0.3) is 5.88 Å². The molecule has 1 heterocycles. The van der Waals surface area contributed by atoms with E-state index in [-0.39, 0.29) is 17.4 Å². The van der Waals surface area contributed by atoms with Gasteiger partial charge in [0.05, 0.1) is 7.11 Å². The Labute approximate surface area is 128 Å². The molecule has 0 radical (unpaired) electrons. The Morgan fingerprint density at radius 2 is 2.05 bits per heavy atom. The minimum Gasteiger partial charge on any atom is -0.489 e. The van der Waals surface area contributed by atoms with Crippen molar-refractivity contribution in [1.82, 2.24) is 9.97 Å². The van der Waals surface area contributed by atoms with Crippen molar-refractivity contribution < 1.29 is 18.3 Å². The van der Waals surface area contributed by atoms with Crippen LogP contribution in [0.2, 0.25) is 0 Å². The molecule has 8 heteroatoms. The second kappa shape index (κ2) is 6.66. The van der Waals surface area contributed by atoms with Crippen molar-refractivity contribution >= 4 is 21.7 Å². The molecule has 0 fully saturated rings. The molecule has 1 aromatic carbocycles. The summed E-state index contributed by atoms with van der Waals surface area (Å²) < 4.78 is 37.9. The Balaban J connectivity index is 2.42. The number of methoxy groups -OCH3 is 1. The zero-order valence-electron chi connectivity index (χ0n) is 11.3. The summed E-state index contributed by atoms with van der Waals surface area (Å²) in [5.41, 5.74) is 0. The van der Waals surface area contributed by atoms with E-state index in [1.165, 1.54) is 19.5 Å². The maximum absolute atomic E-state index is 13.7. The van der Waals surface area contributed by atoms with Gasteiger partial charge in [0.1, 0.15) is 6.33 Å². The molecule has 2 rings (SSSR count). The second-order valence-electron chi connectivity index (χ2n) is 3.89. The lowest BCUT2D eigenvalue weighted by molar-refractivity contribution is 0.355. The zero-order valence-corrected chi connectivity index (χ0v) is 12.9. The topological polar surface area (TPSA) is 56.3 Å². The molecule has 5 nitrogen and oxygen atoms in total. The highest BCUT2D eigenvalue weighted by atomic mass is 79.9. The van der Waals surface area contributed by atoms with Crippen LogP contribution in [0.5, 0.6) is 17.4 Å². The minimum atomic E-state index is -1.11. The Hall–Kier alpha value is -1.96. The average Bonchev–Trinajstić information content (AvgIpc) is 2.45. The van der Waals surface area contributed by atoms with E-state index >= 15 is 0 Å². The van der Waals surface area contributed by atoms with Crippen LogP contribution in [-0.4, -0.2) is 23.6 Å². The highest BCUT2D eigenvalue weighted by Crippen LogP contribution is 2.36. The molecule has 2 aromatic rings. The number of benzene rings is 1. The van der Waals surface area contributed by atoms with Crippen LogP contribution in [0.15, 0.2) is 22.9 Å². The number of ether oxygens (including phenoxy) is 2. The fourth-order valence-corrected chi connectivity index (χ4v) is 2.03. The summed E-state index contributed by atoms with van der Waals surface area (Å²) in [4.78, 5) is 7.88. The molecule has 0 aliphatic rings. The summed E-state index contributed by atoms with van der Waals surface area (Å²) in [6.45, 7) is 2.48. The van der Waals surface area contributed by atoms with Crippen LogP contribution in [0.25, 0.3) is 0 Å². The summed E-state index contributed by atoms with van der Waals surface area (Å²) >= 11 is 3.07. The number of aromatic nitrogens is 2. The molecule has 1 aromatic heterocycles. The molecule has 21 heavy (non-hydrogen) atoms. The Bertz CT molecular complexity index is 656. The first kappa shape index (κ1) is 15.4. The predicted octanol–water partition coefficient (Wildman–Crippen LogP) is 3.75. The average molecular weight is 360 g/mol. The standard InChI is InChI=1S/C13H12BrF2N3O2/c1-3-17-12-11(20-2)13(19-6-18-12)21-9-5-7(14)4-8(15)10(9)16/h4-6H,3H2,1-2H3,(H,17,18,19). The van der Waals surface area contributed by atoms with Gasteiger partial charge in [-0.25, -0.2) is 9.37 Å². The fourth-order valence-electron chi connectivity index (χ4n) is 1.62. The molecule has 0 unspecified atom stereocenters. The molecule has 0 saturated carbocycles. The molecule has 112 valence electrons. The van der Waals surface area contributed by atoms with Crippen LogP contribution in [0.1, 0.15) is 6.92 Å². The molecular formula is C13H12BrF2N3O2. The summed E-state index contributed by atoms with van der Waals surface area (Å²) in [5.74, 6) is -1.84. The maximum atomic E-state index is 13.7. The highest BCUT2D eigenvalue weighted by Gasteiger charge is 2.18. The molecule has 0 aliphatic heterocycles. The van der Waals surface area contributed by atoms with Crippen LogP contribution in [0.3, 0.4) is 0 Å². The molecule has 1 N–H and O–H groups in total. The summed E-state index contributed by atoms with van der Waals surface area (Å²) in [6, 6.07) is 2.30. The third-order valence-corrected chi connectivity index (χ3v) is 2.94. The van der Waals surface area contributed by atoms with E-state index in [0.717, 1.165) is 6.07 Å². The number of anilines is 1. The van der Waals surface area contributed by atoms with E-state index in [2.05, 4.69) is 31.2 Å². The summed E-state index contributed by atoms with van der Waals surface area (Å²) in [6.07, 6.45) is 1.24. The number of halogens is 3. The van der Waals surface area contributed by atoms with Crippen LogP contribution < -0.4 is 14.8 Å². The van der Waals surface area contributed by atoms with E-state index in [1.807, 2.05) is 6.92 Å². The van der Waals surface area contributed by atoms with Crippen LogP contribution in [0, 0.1) is 11.6 Å². The summed E-state index contributed by atoms with van der Waals surface area (Å²) in [7, 11) is 1.41. The van der Waals surface area contributed by atoms with E-state index in [9.17, 15) is 8.78 Å². The smallest absolute Gasteiger partial charge is 0.268 e. The maximum Gasteiger partial charge on any atom is 0.268 e. The van der Waals surface area contributed by atoms with Crippen molar-refractivity contribution in [3.05, 3.63) is 34.6 Å². The van der Waals surface area contributed by atoms with Gasteiger partial charge in [-0.2, -0.15) is 9.37 Å². The molecule has 0 saturated heterocycles. The molecule has 0 spiro atoms. The molecule has 0 bridgehead atoms. The lowest BCUT2D eigenvalue weighted by atomic mass is 10.3. The molecule has 0 aliphatic carbocycles. The third-order valence-electron chi connectivity index (χ3n) is 2.49. The van der Waals surface area contributed by atoms with Crippen LogP contribution in [0.4, 0.5) is 14.6 Å². The number of hydrogen-bond donors (Lipinski definition) is 1. The van der Waals surface area contributed by atoms with Gasteiger partial charge in [-0.1, -0.05) is 15.9 Å². The van der Waals surface area contributed by atoms with Gasteiger partial charge in [-0.15, -0.1) is 0 Å². The van der Waals surface area contributed by atoms with E-state index in [0.29, 0.717) is 16.8 Å². The van der Waals surface area contributed by atoms with Gasteiger partial charge < -0.3 is 14.8 Å². The van der Waals surface area contributed by atoms with Crippen molar-refractivity contribution in [2.45, 2.75) is 6.92 Å². The summed E-state index contributed by atoms with van der Waals surface area (Å²) in [5, 5.41) is 2.96. The number of rotatable bonds is 5. The lowest BCUT2D eigenvalue weighted by Gasteiger charge is -2.13. The van der Waals surface area contributed by atoms with E-state index < -0.39 is 11.6 Å². The van der Waals surface area contributed by atoms with E-state index in [1.54, 1.807) is 0 Å². The van der Waals surface area contributed by atoms with Crippen molar-refractivity contribution in [1.29, 1.82) is 0 Å². The molecule has 0 atom stereocenters. The van der Waals surface area contributed by atoms with Gasteiger partial charge in [-0.3, -0.25) is 0 Å². The number of nitrogens with zero attached hydrogens (tertiary/aromatic N) is 2. The first-order valence-corrected chi connectivity index (χ1v) is 6.81. The Kier molecular flexibility index (Phi) is 4.89. The zero-order chi connectivity index (χ0) is 15.4. The van der Waals surface area contributed by atoms with Crippen molar-refractivity contribution in [3.63, 3.8) is 0 Å². The first-order valence-electron chi connectivity index (χ1n) is 6.02. The van der Waals surface area contributed by atoms with Crippen molar-refractivity contribution in [2.75, 3.05) is 19.0 Å². The largest absolute Gasteiger partial charge is 0.489 e. The second-order valence-corrected chi connectivity index (χ2v) is 4.81. The van der Waals surface area contributed by atoms with Crippen LogP contribution in [-0.2, 0) is 0 Å². The van der Waals surface area contributed by atoms with Gasteiger partial charge in [0.15, 0.2) is 17.4 Å². The number of nitrogens with one attached hydrogen (secondary N) is 1. The first-order chi connectivity index (χ1) is 10.1. The molecule has 0 amide bonds. The monoisotopic (exact) mass is 359 g/mol. The predicted molar refractivity (Wildman–Crippen MR) is 76.9 cm³/mol. The van der Waals surface area contributed by atoms with Crippen LogP contribution >= 0.6 is 15.9 Å². The SMILES string of the molecule is CCNc1ncnc(Oc2cc(Br)cc(F)c2F)c1OC. The minimum absolute atomic E-state index is 0.0140. The molecular weight excluding hydrogens is 348 g/mol. The van der Waals surface area contributed by atoms with Gasteiger partial charge in [0, 0.05) is 11.0 Å². The van der Waals surface area contributed by atoms with Crippen molar-refractivity contribution in [3.8, 4) is 17.4 Å². The highest BCUT2D eigenvalue weighted by molar-refractivity contribution is 9.10. The Morgan fingerprint density at radius 3 is 2.71 bits per heavy atom. The van der Waals surface area contributed by atoms with Gasteiger partial charge >= 0.3 is 0 Å². The lowest BCUT2D eigenvalue weighted by Crippen LogP contribution is -2.04. The number of hydrogen-bond acceptors (Lipinski definition) is 5. The van der Waals surface area contributed by atoms with E-state index in [4.69, 9.17) is 9.47 Å². The quantitative estimate of drug-likeness (QED) is 0.824. The third kappa shape index (κ3) is 3.38. The van der Waals surface area contributed by atoms with Gasteiger partial charge in [0.2, 0.25) is 11.6 Å². The van der Waals surface area contributed by atoms with Gasteiger partial charge in [-0.05, 0) is 19.1 Å². The Morgan fingerprint density at radius 1 is 1.29 bits per heavy atom. The normalized spacial score (nSPS) is 10.3. The van der Waals surface area contributed by atoms with Crippen molar-refractivity contribution in [2.24, 2.45) is 0 Å². The fraction of sp³-hybridized carbons (Fsp3) is 0.231.